The lowest BCUT2D eigenvalue weighted by molar-refractivity contribution is -0.135. The van der Waals surface area contributed by atoms with Crippen LogP contribution < -0.4 is 14.8 Å². The third kappa shape index (κ3) is 5.62. The number of nitrogens with one attached hydrogen (secondary N) is 1. The zero-order chi connectivity index (χ0) is 18.9. The smallest absolute Gasteiger partial charge is 0.311 e. The van der Waals surface area contributed by atoms with E-state index >= 15 is 0 Å². The Bertz CT molecular complexity index is 740. The second-order valence-electron chi connectivity index (χ2n) is 6.25. The first-order valence-corrected chi connectivity index (χ1v) is 8.78. The predicted octanol–water partition coefficient (Wildman–Crippen LogP) is 4.68. The monoisotopic (exact) mass is 355 g/mol. The lowest BCUT2D eigenvalue weighted by Gasteiger charge is -2.11. The highest BCUT2D eigenvalue weighted by molar-refractivity contribution is 6.06. The van der Waals surface area contributed by atoms with Gasteiger partial charge in [0.2, 0.25) is 0 Å². The average Bonchev–Trinajstić information content (AvgIpc) is 2.63. The summed E-state index contributed by atoms with van der Waals surface area (Å²) in [5.74, 6) is 0.787. The molecule has 1 atom stereocenters. The normalized spacial score (nSPS) is 11.5. The van der Waals surface area contributed by atoms with Crippen molar-refractivity contribution in [3.63, 3.8) is 0 Å². The Morgan fingerprint density at radius 2 is 1.77 bits per heavy atom. The van der Waals surface area contributed by atoms with Crippen LogP contribution in [0.3, 0.4) is 0 Å². The summed E-state index contributed by atoms with van der Waals surface area (Å²) in [6, 6.07) is 13.7. The zero-order valence-electron chi connectivity index (χ0n) is 15.5. The molecule has 2 aromatic carbocycles. The molecular weight excluding hydrogens is 330 g/mol. The van der Waals surface area contributed by atoms with Crippen molar-refractivity contribution in [2.24, 2.45) is 5.92 Å². The van der Waals surface area contributed by atoms with Gasteiger partial charge < -0.3 is 14.8 Å². The fourth-order valence-corrected chi connectivity index (χ4v) is 2.69. The largest absolute Gasteiger partial charge is 0.496 e. The molecule has 5 nitrogen and oxygen atoms in total. The Morgan fingerprint density at radius 1 is 1.08 bits per heavy atom. The fourth-order valence-electron chi connectivity index (χ4n) is 2.69. The molecule has 0 bridgehead atoms. The first kappa shape index (κ1) is 19.5. The van der Waals surface area contributed by atoms with Crippen LogP contribution in [-0.4, -0.2) is 19.0 Å². The van der Waals surface area contributed by atoms with Crippen molar-refractivity contribution in [2.75, 3.05) is 12.4 Å². The van der Waals surface area contributed by atoms with Crippen molar-refractivity contribution in [3.8, 4) is 11.5 Å². The van der Waals surface area contributed by atoms with Crippen LogP contribution in [0.4, 0.5) is 5.69 Å². The highest BCUT2D eigenvalue weighted by Crippen LogP contribution is 2.21. The standard InChI is InChI=1S/C21H25NO4/c1-4-7-15(2)14-20(23)26-17-12-10-16(11-13-17)22-21(24)18-8-5-6-9-19(18)25-3/h5-6,8-13,15H,4,7,14H2,1-3H3,(H,22,24). The van der Waals surface area contributed by atoms with E-state index < -0.39 is 0 Å². The van der Waals surface area contributed by atoms with E-state index in [1.165, 1.54) is 7.11 Å². The Labute approximate surface area is 154 Å². The Kier molecular flexibility index (Phi) is 7.21. The van der Waals surface area contributed by atoms with E-state index in [0.29, 0.717) is 35.1 Å². The lowest BCUT2D eigenvalue weighted by atomic mass is 10.0. The van der Waals surface area contributed by atoms with Gasteiger partial charge in [-0.2, -0.15) is 0 Å². The van der Waals surface area contributed by atoms with Gasteiger partial charge in [-0.15, -0.1) is 0 Å². The van der Waals surface area contributed by atoms with Gasteiger partial charge >= 0.3 is 5.97 Å². The molecule has 2 rings (SSSR count). The summed E-state index contributed by atoms with van der Waals surface area (Å²) < 4.78 is 10.5. The summed E-state index contributed by atoms with van der Waals surface area (Å²) in [5.41, 5.74) is 1.07. The number of anilines is 1. The minimum absolute atomic E-state index is 0.239. The number of carbonyl (C=O) groups is 2. The molecule has 0 aromatic heterocycles. The van der Waals surface area contributed by atoms with E-state index in [0.717, 1.165) is 12.8 Å². The third-order valence-electron chi connectivity index (χ3n) is 3.99. The number of carbonyl (C=O) groups excluding carboxylic acids is 2. The fraction of sp³-hybridized carbons (Fsp3) is 0.333. The van der Waals surface area contributed by atoms with Crippen LogP contribution in [-0.2, 0) is 4.79 Å². The summed E-state index contributed by atoms with van der Waals surface area (Å²) in [7, 11) is 1.52. The van der Waals surface area contributed by atoms with Crippen LogP contribution in [0.2, 0.25) is 0 Å². The van der Waals surface area contributed by atoms with E-state index in [2.05, 4.69) is 12.2 Å². The summed E-state index contributed by atoms with van der Waals surface area (Å²) in [6.07, 6.45) is 2.46. The van der Waals surface area contributed by atoms with Crippen LogP contribution in [0.5, 0.6) is 11.5 Å². The maximum absolute atomic E-state index is 12.4. The van der Waals surface area contributed by atoms with E-state index in [1.54, 1.807) is 48.5 Å². The number of ether oxygens (including phenoxy) is 2. The molecule has 0 fully saturated rings. The molecule has 1 amide bonds. The van der Waals surface area contributed by atoms with Gasteiger partial charge in [-0.25, -0.2) is 0 Å². The van der Waals surface area contributed by atoms with Crippen molar-refractivity contribution in [3.05, 3.63) is 54.1 Å². The highest BCUT2D eigenvalue weighted by atomic mass is 16.5. The Hall–Kier alpha value is -2.82. The van der Waals surface area contributed by atoms with Gasteiger partial charge in [-0.3, -0.25) is 9.59 Å². The van der Waals surface area contributed by atoms with Gasteiger partial charge in [0.15, 0.2) is 0 Å². The number of rotatable bonds is 8. The van der Waals surface area contributed by atoms with Crippen LogP contribution in [0, 0.1) is 5.92 Å². The number of methoxy groups -OCH3 is 1. The molecule has 0 heterocycles. The van der Waals surface area contributed by atoms with Crippen molar-refractivity contribution in [2.45, 2.75) is 33.1 Å². The number of hydrogen-bond acceptors (Lipinski definition) is 4. The van der Waals surface area contributed by atoms with Crippen molar-refractivity contribution >= 4 is 17.6 Å². The number of para-hydroxylation sites is 1. The molecule has 138 valence electrons. The molecule has 1 N–H and O–H groups in total. The summed E-state index contributed by atoms with van der Waals surface area (Å²) in [5, 5.41) is 2.80. The van der Waals surface area contributed by atoms with Crippen molar-refractivity contribution in [1.82, 2.24) is 0 Å². The molecule has 26 heavy (non-hydrogen) atoms. The maximum atomic E-state index is 12.4. The quantitative estimate of drug-likeness (QED) is 0.552. The van der Waals surface area contributed by atoms with Crippen LogP contribution >= 0.6 is 0 Å². The average molecular weight is 355 g/mol. The van der Waals surface area contributed by atoms with Gasteiger partial charge in [0.25, 0.3) is 5.91 Å². The number of amides is 1. The summed E-state index contributed by atoms with van der Waals surface area (Å²) in [4.78, 5) is 24.3. The molecule has 0 saturated carbocycles. The van der Waals surface area contributed by atoms with E-state index in [-0.39, 0.29) is 11.9 Å². The Morgan fingerprint density at radius 3 is 2.42 bits per heavy atom. The SMILES string of the molecule is CCCC(C)CC(=O)Oc1ccc(NC(=O)c2ccccc2OC)cc1. The second kappa shape index (κ2) is 9.61. The van der Waals surface area contributed by atoms with Gasteiger partial charge in [0.1, 0.15) is 11.5 Å². The molecule has 0 aliphatic rings. The lowest BCUT2D eigenvalue weighted by Crippen LogP contribution is -2.14. The molecule has 0 radical (unpaired) electrons. The molecule has 0 saturated heterocycles. The molecule has 0 aliphatic heterocycles. The van der Waals surface area contributed by atoms with E-state index in [1.807, 2.05) is 6.92 Å². The van der Waals surface area contributed by atoms with Crippen LogP contribution in [0.15, 0.2) is 48.5 Å². The minimum atomic E-state index is -0.263. The molecule has 0 aliphatic carbocycles. The van der Waals surface area contributed by atoms with E-state index in [9.17, 15) is 9.59 Å². The van der Waals surface area contributed by atoms with Gasteiger partial charge in [-0.1, -0.05) is 38.8 Å². The summed E-state index contributed by atoms with van der Waals surface area (Å²) >= 11 is 0. The molecule has 0 spiro atoms. The first-order valence-electron chi connectivity index (χ1n) is 8.78. The summed E-state index contributed by atoms with van der Waals surface area (Å²) in [6.45, 7) is 4.14. The minimum Gasteiger partial charge on any atom is -0.496 e. The zero-order valence-corrected chi connectivity index (χ0v) is 15.5. The Balaban J connectivity index is 1.95. The van der Waals surface area contributed by atoms with Crippen LogP contribution in [0.25, 0.3) is 0 Å². The van der Waals surface area contributed by atoms with Gasteiger partial charge in [-0.05, 0) is 42.3 Å². The number of hydrogen-bond donors (Lipinski definition) is 1. The maximum Gasteiger partial charge on any atom is 0.311 e. The third-order valence-corrected chi connectivity index (χ3v) is 3.99. The van der Waals surface area contributed by atoms with Crippen molar-refractivity contribution in [1.29, 1.82) is 0 Å². The molecule has 2 aromatic rings. The van der Waals surface area contributed by atoms with Crippen molar-refractivity contribution < 1.29 is 19.1 Å². The van der Waals surface area contributed by atoms with Gasteiger partial charge in [0, 0.05) is 12.1 Å². The number of benzene rings is 2. The van der Waals surface area contributed by atoms with Gasteiger partial charge in [0.05, 0.1) is 12.7 Å². The molecular formula is C21H25NO4. The topological polar surface area (TPSA) is 64.6 Å². The second-order valence-corrected chi connectivity index (χ2v) is 6.25. The molecule has 5 heteroatoms. The predicted molar refractivity (Wildman–Crippen MR) is 102 cm³/mol. The number of esters is 1. The highest BCUT2D eigenvalue weighted by Gasteiger charge is 2.13. The van der Waals surface area contributed by atoms with Crippen LogP contribution in [0.1, 0.15) is 43.5 Å². The first-order chi connectivity index (χ1) is 12.5. The molecule has 1 unspecified atom stereocenters. The van der Waals surface area contributed by atoms with E-state index in [4.69, 9.17) is 9.47 Å².